The van der Waals surface area contributed by atoms with Crippen LogP contribution in [0.15, 0.2) is 0 Å². The molecule has 0 bridgehead atoms. The van der Waals surface area contributed by atoms with E-state index < -0.39 is 42.7 Å². The van der Waals surface area contributed by atoms with Gasteiger partial charge in [0.25, 0.3) is 0 Å². The highest BCUT2D eigenvalue weighted by molar-refractivity contribution is 6.32. The third-order valence-electron chi connectivity index (χ3n) is 2.67. The standard InChI is InChI=1S/C14H30O7Si2/c1-11(2,3)22-20-14(8,18)9(15)13(7,17)10(16)19-21-23-12(4,5)6/h17-18H,22-23H2,1-8H3. The molecule has 0 aromatic rings. The Morgan fingerprint density at radius 3 is 1.65 bits per heavy atom. The largest absolute Gasteiger partial charge is 0.391 e. The molecule has 2 atom stereocenters. The lowest BCUT2D eigenvalue weighted by Gasteiger charge is -2.31. The molecule has 0 aliphatic rings. The van der Waals surface area contributed by atoms with Gasteiger partial charge in [-0.05, 0) is 23.9 Å². The van der Waals surface area contributed by atoms with Crippen LogP contribution in [0.25, 0.3) is 0 Å². The number of hydrogen-bond donors (Lipinski definition) is 2. The number of ketones is 1. The normalized spacial score (nSPS) is 19.0. The van der Waals surface area contributed by atoms with Gasteiger partial charge in [0.2, 0.25) is 26.9 Å². The van der Waals surface area contributed by atoms with E-state index in [2.05, 4.69) is 4.89 Å². The molecule has 0 aromatic carbocycles. The summed E-state index contributed by atoms with van der Waals surface area (Å²) >= 11 is 0. The number of carbonyl (C=O) groups is 2. The van der Waals surface area contributed by atoms with Gasteiger partial charge in [-0.2, -0.15) is 0 Å². The second kappa shape index (κ2) is 7.53. The number of rotatable bonds is 7. The first-order valence-electron chi connectivity index (χ1n) is 7.46. The van der Waals surface area contributed by atoms with Gasteiger partial charge in [0.05, 0.1) is 0 Å². The van der Waals surface area contributed by atoms with E-state index in [-0.39, 0.29) is 10.1 Å². The number of Topliss-reactive ketones (excluding diaryl/α,β-unsaturated/α-hetero) is 1. The van der Waals surface area contributed by atoms with E-state index in [0.29, 0.717) is 0 Å². The van der Waals surface area contributed by atoms with Gasteiger partial charge in [0.15, 0.2) is 9.76 Å². The maximum absolute atomic E-state index is 12.3. The fourth-order valence-electron chi connectivity index (χ4n) is 1.31. The van der Waals surface area contributed by atoms with Crippen molar-refractivity contribution in [3.8, 4) is 0 Å². The number of carbonyl (C=O) groups excluding carboxylic acids is 2. The topological polar surface area (TPSA) is 102 Å². The molecule has 0 rings (SSSR count). The molecule has 0 radical (unpaired) electrons. The first-order chi connectivity index (χ1) is 9.99. The first kappa shape index (κ1) is 22.4. The summed E-state index contributed by atoms with van der Waals surface area (Å²) in [6.07, 6.45) is 0. The molecule has 0 heterocycles. The molecule has 23 heavy (non-hydrogen) atoms. The lowest BCUT2D eigenvalue weighted by Crippen LogP contribution is -2.56. The fourth-order valence-corrected chi connectivity index (χ4v) is 2.67. The Hall–Kier alpha value is -0.586. The Bertz CT molecular complexity index is 433. The Morgan fingerprint density at radius 1 is 0.826 bits per heavy atom. The van der Waals surface area contributed by atoms with E-state index in [0.717, 1.165) is 13.8 Å². The van der Waals surface area contributed by atoms with Gasteiger partial charge < -0.3 is 19.5 Å². The fraction of sp³-hybridized carbons (Fsp3) is 0.857. The first-order valence-corrected chi connectivity index (χ1v) is 10.0. The van der Waals surface area contributed by atoms with Gasteiger partial charge in [0.1, 0.15) is 0 Å². The summed E-state index contributed by atoms with van der Waals surface area (Å²) in [5.74, 6) is -4.70. The van der Waals surface area contributed by atoms with E-state index in [1.807, 2.05) is 41.5 Å². The highest BCUT2D eigenvalue weighted by atomic mass is 28.2. The molecule has 9 heteroatoms. The molecule has 0 aliphatic heterocycles. The summed E-state index contributed by atoms with van der Waals surface area (Å²) in [6.45, 7) is 13.6. The molecule has 0 spiro atoms. The molecule has 0 aliphatic carbocycles. The molecular formula is C14H30O7Si2. The van der Waals surface area contributed by atoms with Crippen molar-refractivity contribution in [1.82, 2.24) is 0 Å². The summed E-state index contributed by atoms with van der Waals surface area (Å²) in [4.78, 5) is 28.7. The van der Waals surface area contributed by atoms with Crippen LogP contribution in [0.5, 0.6) is 0 Å². The van der Waals surface area contributed by atoms with Crippen molar-refractivity contribution in [3.05, 3.63) is 0 Å². The highest BCUT2D eigenvalue weighted by Crippen LogP contribution is 2.26. The van der Waals surface area contributed by atoms with Crippen molar-refractivity contribution >= 4 is 31.3 Å². The van der Waals surface area contributed by atoms with Crippen molar-refractivity contribution in [2.75, 3.05) is 0 Å². The zero-order valence-electron chi connectivity index (χ0n) is 15.3. The van der Waals surface area contributed by atoms with Crippen LogP contribution in [-0.2, 0) is 23.5 Å². The zero-order chi connectivity index (χ0) is 18.7. The van der Waals surface area contributed by atoms with E-state index in [1.54, 1.807) is 0 Å². The van der Waals surface area contributed by atoms with Gasteiger partial charge in [-0.3, -0.25) is 4.79 Å². The SMILES string of the molecule is CC(C)(C)[SiH2]OOC(=O)C(C)(O)C(=O)C(C)(O)O[SiH2]C(C)(C)C. The van der Waals surface area contributed by atoms with E-state index in [1.165, 1.54) is 0 Å². The summed E-state index contributed by atoms with van der Waals surface area (Å²) in [5, 5.41) is 20.0. The van der Waals surface area contributed by atoms with Crippen molar-refractivity contribution in [2.45, 2.75) is 76.9 Å². The Kier molecular flexibility index (Phi) is 7.34. The van der Waals surface area contributed by atoms with E-state index in [4.69, 9.17) is 9.00 Å². The zero-order valence-corrected chi connectivity index (χ0v) is 18.2. The highest BCUT2D eigenvalue weighted by Gasteiger charge is 2.51. The maximum atomic E-state index is 12.3. The lowest BCUT2D eigenvalue weighted by molar-refractivity contribution is -0.237. The van der Waals surface area contributed by atoms with Crippen LogP contribution in [0.1, 0.15) is 55.4 Å². The van der Waals surface area contributed by atoms with E-state index >= 15 is 0 Å². The number of hydrogen-bond acceptors (Lipinski definition) is 7. The predicted octanol–water partition coefficient (Wildman–Crippen LogP) is 0.111. The van der Waals surface area contributed by atoms with Gasteiger partial charge >= 0.3 is 5.97 Å². The molecule has 0 amide bonds. The monoisotopic (exact) mass is 366 g/mol. The van der Waals surface area contributed by atoms with Crippen LogP contribution >= 0.6 is 0 Å². The molecule has 0 fully saturated rings. The van der Waals surface area contributed by atoms with Gasteiger partial charge in [-0.15, -0.1) is 0 Å². The molecular weight excluding hydrogens is 336 g/mol. The summed E-state index contributed by atoms with van der Waals surface area (Å²) in [6, 6.07) is 0. The smallest absolute Gasteiger partial charge is 0.379 e. The van der Waals surface area contributed by atoms with Crippen LogP contribution in [-0.4, -0.2) is 52.9 Å². The third-order valence-corrected chi connectivity index (χ3v) is 5.35. The van der Waals surface area contributed by atoms with Crippen molar-refractivity contribution in [3.63, 3.8) is 0 Å². The maximum Gasteiger partial charge on any atom is 0.379 e. The summed E-state index contributed by atoms with van der Waals surface area (Å²) in [7, 11) is -2.46. The van der Waals surface area contributed by atoms with Crippen LogP contribution in [0.2, 0.25) is 10.1 Å². The molecule has 2 N–H and O–H groups in total. The van der Waals surface area contributed by atoms with Gasteiger partial charge in [0, 0.05) is 0 Å². The molecule has 0 saturated carbocycles. The Balaban J connectivity index is 4.83. The van der Waals surface area contributed by atoms with Crippen LogP contribution in [0, 0.1) is 0 Å². The van der Waals surface area contributed by atoms with Crippen LogP contribution in [0.3, 0.4) is 0 Å². The molecule has 136 valence electrons. The molecule has 7 nitrogen and oxygen atoms in total. The van der Waals surface area contributed by atoms with Crippen LogP contribution in [0.4, 0.5) is 0 Å². The third kappa shape index (κ3) is 8.18. The minimum Gasteiger partial charge on any atom is -0.391 e. The number of aliphatic hydroxyl groups is 2. The molecule has 2 unspecified atom stereocenters. The Labute approximate surface area is 142 Å². The van der Waals surface area contributed by atoms with Crippen molar-refractivity contribution < 1.29 is 33.7 Å². The van der Waals surface area contributed by atoms with Crippen LogP contribution < -0.4 is 0 Å². The van der Waals surface area contributed by atoms with Gasteiger partial charge in [-0.25, -0.2) is 9.37 Å². The van der Waals surface area contributed by atoms with Gasteiger partial charge in [-0.1, -0.05) is 41.5 Å². The summed E-state index contributed by atoms with van der Waals surface area (Å²) in [5.41, 5.74) is -2.55. The average molecular weight is 367 g/mol. The van der Waals surface area contributed by atoms with Crippen molar-refractivity contribution in [2.24, 2.45) is 0 Å². The second-order valence-electron chi connectivity index (χ2n) is 8.43. The van der Waals surface area contributed by atoms with Crippen molar-refractivity contribution in [1.29, 1.82) is 0 Å². The minimum absolute atomic E-state index is 0.122. The van der Waals surface area contributed by atoms with E-state index in [9.17, 15) is 19.8 Å². The molecule has 0 saturated heterocycles. The lowest BCUT2D eigenvalue weighted by atomic mass is 9.95. The Morgan fingerprint density at radius 2 is 1.26 bits per heavy atom. The minimum atomic E-state index is -2.55. The average Bonchev–Trinajstić information content (AvgIpc) is 2.33. The predicted molar refractivity (Wildman–Crippen MR) is 91.0 cm³/mol. The quantitative estimate of drug-likeness (QED) is 0.217. The summed E-state index contributed by atoms with van der Waals surface area (Å²) < 4.78 is 10.2. The molecule has 0 aromatic heterocycles. The second-order valence-corrected chi connectivity index (χ2v) is 13.8.